The number of hydrogen-bond acceptors (Lipinski definition) is 8. The Bertz CT molecular complexity index is 1610. The van der Waals surface area contributed by atoms with E-state index in [1.54, 1.807) is 0 Å². The van der Waals surface area contributed by atoms with E-state index in [1.165, 1.54) is 26.2 Å². The Hall–Kier alpha value is -4.56. The largest absolute Gasteiger partial charge is 0.495 e. The number of nitrogens with two attached hydrogens (primary N) is 1. The lowest BCUT2D eigenvalue weighted by atomic mass is 9.89. The number of nitrogens with zero attached hydrogens (tertiary/aromatic N) is 1. The summed E-state index contributed by atoms with van der Waals surface area (Å²) in [5.41, 5.74) is 0.133. The molecule has 0 radical (unpaired) electrons. The van der Waals surface area contributed by atoms with Crippen LogP contribution in [0.3, 0.4) is 0 Å². The predicted octanol–water partition coefficient (Wildman–Crippen LogP) is 2.78. The SMILES string of the molecule is COc1cc(C(=O)NCC(O)(c2cc3c(c(-c4ccc(F)cc4)n2)OCC3(C)N)C(F)(F)F)cc2c1NC(=O)C2=O. The molecule has 10 nitrogen and oxygen atoms in total. The fourth-order valence-electron chi connectivity index (χ4n) is 4.57. The average Bonchev–Trinajstić information content (AvgIpc) is 3.40. The fraction of sp³-hybridized carbons (Fsp3) is 0.259. The Morgan fingerprint density at radius 3 is 2.54 bits per heavy atom. The van der Waals surface area contributed by atoms with E-state index in [1.807, 2.05) is 5.32 Å². The second-order valence-corrected chi connectivity index (χ2v) is 9.87. The molecule has 5 N–H and O–H groups in total. The first-order chi connectivity index (χ1) is 19.2. The van der Waals surface area contributed by atoms with E-state index in [-0.39, 0.29) is 51.7 Å². The van der Waals surface area contributed by atoms with E-state index < -0.39 is 53.0 Å². The maximum atomic E-state index is 14.5. The topological polar surface area (TPSA) is 153 Å². The zero-order valence-corrected chi connectivity index (χ0v) is 21.5. The molecule has 0 bridgehead atoms. The van der Waals surface area contributed by atoms with Gasteiger partial charge in [0.25, 0.3) is 17.6 Å². The van der Waals surface area contributed by atoms with Crippen molar-refractivity contribution in [1.82, 2.24) is 10.3 Å². The van der Waals surface area contributed by atoms with Crippen LogP contribution >= 0.6 is 0 Å². The van der Waals surface area contributed by atoms with E-state index in [0.717, 1.165) is 30.3 Å². The van der Waals surface area contributed by atoms with Gasteiger partial charge in [0, 0.05) is 16.7 Å². The van der Waals surface area contributed by atoms with Crippen molar-refractivity contribution in [2.75, 3.05) is 25.6 Å². The number of fused-ring (bicyclic) bond motifs is 2. The second kappa shape index (κ2) is 9.52. The third kappa shape index (κ3) is 4.64. The minimum Gasteiger partial charge on any atom is -0.495 e. The maximum Gasteiger partial charge on any atom is 0.424 e. The average molecular weight is 574 g/mol. The van der Waals surface area contributed by atoms with Crippen molar-refractivity contribution >= 4 is 23.3 Å². The summed E-state index contributed by atoms with van der Waals surface area (Å²) in [6, 6.07) is 7.85. The molecule has 214 valence electrons. The van der Waals surface area contributed by atoms with E-state index in [2.05, 4.69) is 10.3 Å². The molecule has 0 saturated carbocycles. The molecule has 2 aliphatic heterocycles. The molecule has 2 aromatic carbocycles. The van der Waals surface area contributed by atoms with Crippen LogP contribution in [0.4, 0.5) is 23.2 Å². The van der Waals surface area contributed by atoms with Crippen LogP contribution in [0.2, 0.25) is 0 Å². The molecule has 0 spiro atoms. The summed E-state index contributed by atoms with van der Waals surface area (Å²) in [5.74, 6) is -3.60. The van der Waals surface area contributed by atoms with Crippen molar-refractivity contribution in [2.24, 2.45) is 5.73 Å². The number of nitrogens with one attached hydrogen (secondary N) is 2. The highest BCUT2D eigenvalue weighted by molar-refractivity contribution is 6.52. The Kier molecular flexibility index (Phi) is 6.50. The lowest BCUT2D eigenvalue weighted by Crippen LogP contribution is -2.51. The van der Waals surface area contributed by atoms with Crippen LogP contribution in [0.5, 0.6) is 11.5 Å². The highest BCUT2D eigenvalue weighted by atomic mass is 19.4. The number of ketones is 1. The molecule has 5 rings (SSSR count). The lowest BCUT2D eigenvalue weighted by Gasteiger charge is -2.31. The van der Waals surface area contributed by atoms with E-state index in [4.69, 9.17) is 15.2 Å². The first kappa shape index (κ1) is 28.0. The zero-order valence-electron chi connectivity index (χ0n) is 21.5. The van der Waals surface area contributed by atoms with Crippen molar-refractivity contribution in [2.45, 2.75) is 24.2 Å². The summed E-state index contributed by atoms with van der Waals surface area (Å²) in [7, 11) is 1.21. The van der Waals surface area contributed by atoms with Crippen molar-refractivity contribution < 1.29 is 46.5 Å². The molecule has 1 aromatic heterocycles. The highest BCUT2D eigenvalue weighted by Crippen LogP contribution is 2.46. The number of alkyl halides is 3. The summed E-state index contributed by atoms with van der Waals surface area (Å²) in [6.07, 6.45) is -5.35. The quantitative estimate of drug-likeness (QED) is 0.259. The maximum absolute atomic E-state index is 14.5. The molecule has 2 atom stereocenters. The smallest absolute Gasteiger partial charge is 0.424 e. The number of carbonyl (C=O) groups excluding carboxylic acids is 3. The number of amides is 2. The molecule has 0 fully saturated rings. The molecule has 3 heterocycles. The monoisotopic (exact) mass is 574 g/mol. The third-order valence-corrected chi connectivity index (χ3v) is 6.89. The first-order valence-corrected chi connectivity index (χ1v) is 12.0. The number of aliphatic hydroxyl groups is 1. The molecule has 0 saturated heterocycles. The van der Waals surface area contributed by atoms with Crippen LogP contribution < -0.4 is 25.8 Å². The summed E-state index contributed by atoms with van der Waals surface area (Å²) in [5, 5.41) is 15.4. The number of halogens is 4. The van der Waals surface area contributed by atoms with Gasteiger partial charge >= 0.3 is 6.18 Å². The van der Waals surface area contributed by atoms with Crippen molar-refractivity contribution in [3.8, 4) is 22.8 Å². The Balaban J connectivity index is 1.55. The number of Topliss-reactive ketones (excluding diaryl/α,β-unsaturated/α-hetero) is 1. The van der Waals surface area contributed by atoms with Gasteiger partial charge in [-0.05, 0) is 49.4 Å². The van der Waals surface area contributed by atoms with Gasteiger partial charge in [-0.25, -0.2) is 9.37 Å². The number of carbonyl (C=O) groups is 3. The lowest BCUT2D eigenvalue weighted by molar-refractivity contribution is -0.265. The number of benzene rings is 2. The molecule has 3 aromatic rings. The highest BCUT2D eigenvalue weighted by Gasteiger charge is 2.57. The second-order valence-electron chi connectivity index (χ2n) is 9.87. The number of anilines is 1. The van der Waals surface area contributed by atoms with Crippen molar-refractivity contribution in [1.29, 1.82) is 0 Å². The standard InChI is InChI=1S/C27H22F4N4O6/c1-25(32)11-41-22-16(25)9-18(34-19(22)12-3-5-14(28)6-4-12)26(39,27(29,30)31)10-33-23(37)13-7-15-20(17(8-13)40-2)35-24(38)21(15)36/h3-9,39H,10-11,32H2,1-2H3,(H,33,37)(H,35,36,38). The van der Waals surface area contributed by atoms with Gasteiger partial charge in [0.1, 0.15) is 23.9 Å². The van der Waals surface area contributed by atoms with E-state index in [0.29, 0.717) is 0 Å². The molecular formula is C27H22F4N4O6. The number of ether oxygens (including phenoxy) is 2. The number of rotatable bonds is 6. The molecule has 2 unspecified atom stereocenters. The van der Waals surface area contributed by atoms with Gasteiger partial charge in [-0.1, -0.05) is 0 Å². The van der Waals surface area contributed by atoms with Crippen LogP contribution in [0.1, 0.15) is 38.9 Å². The van der Waals surface area contributed by atoms with Crippen LogP contribution in [-0.2, 0) is 15.9 Å². The van der Waals surface area contributed by atoms with Gasteiger partial charge in [0.15, 0.2) is 5.75 Å². The first-order valence-electron chi connectivity index (χ1n) is 12.0. The molecule has 14 heteroatoms. The molecule has 2 aliphatic rings. The Labute approximate surface area is 229 Å². The van der Waals surface area contributed by atoms with Crippen molar-refractivity contribution in [3.63, 3.8) is 0 Å². The van der Waals surface area contributed by atoms with Crippen LogP contribution in [0.25, 0.3) is 11.3 Å². The number of aromatic nitrogens is 1. The normalized spacial score (nSPS) is 19.1. The summed E-state index contributed by atoms with van der Waals surface area (Å²) >= 11 is 0. The van der Waals surface area contributed by atoms with Crippen LogP contribution in [-0.4, -0.2) is 54.1 Å². The summed E-state index contributed by atoms with van der Waals surface area (Å²) in [6.45, 7) is 0.0311. The number of methoxy groups -OCH3 is 1. The molecular weight excluding hydrogens is 552 g/mol. The predicted molar refractivity (Wildman–Crippen MR) is 135 cm³/mol. The van der Waals surface area contributed by atoms with Gasteiger partial charge < -0.3 is 30.9 Å². The number of hydrogen-bond donors (Lipinski definition) is 4. The summed E-state index contributed by atoms with van der Waals surface area (Å²) in [4.78, 5) is 40.9. The van der Waals surface area contributed by atoms with E-state index in [9.17, 15) is 37.1 Å². The van der Waals surface area contributed by atoms with Gasteiger partial charge in [-0.2, -0.15) is 13.2 Å². The number of pyridine rings is 1. The Morgan fingerprint density at radius 2 is 1.90 bits per heavy atom. The Morgan fingerprint density at radius 1 is 1.22 bits per heavy atom. The van der Waals surface area contributed by atoms with Gasteiger partial charge in [-0.15, -0.1) is 0 Å². The van der Waals surface area contributed by atoms with Crippen LogP contribution in [0.15, 0.2) is 42.5 Å². The molecule has 2 amide bonds. The third-order valence-electron chi connectivity index (χ3n) is 6.89. The fourth-order valence-corrected chi connectivity index (χ4v) is 4.57. The minimum absolute atomic E-state index is 0.0218. The van der Waals surface area contributed by atoms with Gasteiger partial charge in [0.05, 0.1) is 36.1 Å². The van der Waals surface area contributed by atoms with Gasteiger partial charge in [-0.3, -0.25) is 14.4 Å². The van der Waals surface area contributed by atoms with Gasteiger partial charge in [0.2, 0.25) is 5.60 Å². The van der Waals surface area contributed by atoms with Crippen molar-refractivity contribution in [3.05, 3.63) is 70.7 Å². The summed E-state index contributed by atoms with van der Waals surface area (Å²) < 4.78 is 67.8. The van der Waals surface area contributed by atoms with E-state index >= 15 is 0 Å². The van der Waals surface area contributed by atoms with Crippen LogP contribution in [0, 0.1) is 5.82 Å². The molecule has 0 aliphatic carbocycles. The minimum atomic E-state index is -5.35. The molecule has 41 heavy (non-hydrogen) atoms. The zero-order chi connectivity index (χ0) is 29.9.